The quantitative estimate of drug-likeness (QED) is 0.416. The lowest BCUT2D eigenvalue weighted by Gasteiger charge is -2.31. The Kier molecular flexibility index (Phi) is 5.54. The van der Waals surface area contributed by atoms with E-state index in [1.807, 2.05) is 72.8 Å². The Morgan fingerprint density at radius 1 is 0.903 bits per heavy atom. The number of anilines is 4. The van der Waals surface area contributed by atoms with Gasteiger partial charge in [-0.3, -0.25) is 4.79 Å². The summed E-state index contributed by atoms with van der Waals surface area (Å²) in [5.74, 6) is 0.0393. The third-order valence-electron chi connectivity index (χ3n) is 5.56. The van der Waals surface area contributed by atoms with E-state index in [0.29, 0.717) is 6.54 Å². The maximum absolute atomic E-state index is 12.9. The van der Waals surface area contributed by atoms with Crippen molar-refractivity contribution in [2.75, 3.05) is 28.6 Å². The monoisotopic (exact) mass is 428 g/mol. The number of carbonyl (C=O) groups excluding carboxylic acids is 1. The number of rotatable bonds is 5. The van der Waals surface area contributed by atoms with E-state index >= 15 is 0 Å². The second-order valence-electron chi connectivity index (χ2n) is 7.81. The van der Waals surface area contributed by atoms with Gasteiger partial charge in [0.1, 0.15) is 0 Å². The van der Waals surface area contributed by atoms with Crippen LogP contribution in [0.3, 0.4) is 0 Å². The van der Waals surface area contributed by atoms with Crippen molar-refractivity contribution >= 4 is 49.7 Å². The molecule has 0 spiro atoms. The molecular weight excluding hydrogens is 404 g/mol. The number of fused-ring (bicyclic) bond motifs is 1. The SMILES string of the molecule is O=C(Nc1ccc(Nc2ccccc2)cc1)C1CCCN(c2nc3ccccc3s2)C1. The molecule has 31 heavy (non-hydrogen) atoms. The molecular formula is C25H24N4OS. The third-order valence-corrected chi connectivity index (χ3v) is 6.66. The first kappa shape index (κ1) is 19.6. The highest BCUT2D eigenvalue weighted by atomic mass is 32.1. The Morgan fingerprint density at radius 2 is 1.61 bits per heavy atom. The third kappa shape index (κ3) is 4.54. The molecule has 1 amide bonds. The number of piperidine rings is 1. The van der Waals surface area contributed by atoms with Crippen LogP contribution in [0.2, 0.25) is 0 Å². The zero-order chi connectivity index (χ0) is 21.0. The van der Waals surface area contributed by atoms with Gasteiger partial charge in [0.25, 0.3) is 0 Å². The van der Waals surface area contributed by atoms with Crippen molar-refractivity contribution < 1.29 is 4.79 Å². The molecule has 2 heterocycles. The minimum Gasteiger partial charge on any atom is -0.356 e. The van der Waals surface area contributed by atoms with Gasteiger partial charge in [-0.2, -0.15) is 0 Å². The Hall–Kier alpha value is -3.38. The molecule has 1 saturated heterocycles. The number of thiazole rings is 1. The predicted molar refractivity (Wildman–Crippen MR) is 129 cm³/mol. The van der Waals surface area contributed by atoms with Gasteiger partial charge in [0.15, 0.2) is 5.13 Å². The van der Waals surface area contributed by atoms with Crippen LogP contribution >= 0.6 is 11.3 Å². The Morgan fingerprint density at radius 3 is 2.42 bits per heavy atom. The molecule has 6 heteroatoms. The molecule has 156 valence electrons. The lowest BCUT2D eigenvalue weighted by Crippen LogP contribution is -2.40. The molecule has 2 N–H and O–H groups in total. The van der Waals surface area contributed by atoms with Gasteiger partial charge in [-0.1, -0.05) is 41.7 Å². The summed E-state index contributed by atoms with van der Waals surface area (Å²) >= 11 is 1.70. The van der Waals surface area contributed by atoms with Crippen LogP contribution in [0.4, 0.5) is 22.2 Å². The van der Waals surface area contributed by atoms with Crippen LogP contribution in [0.5, 0.6) is 0 Å². The number of nitrogens with one attached hydrogen (secondary N) is 2. The van der Waals surface area contributed by atoms with Gasteiger partial charge < -0.3 is 15.5 Å². The van der Waals surface area contributed by atoms with E-state index in [-0.39, 0.29) is 11.8 Å². The molecule has 4 aromatic rings. The van der Waals surface area contributed by atoms with Crippen molar-refractivity contribution in [3.8, 4) is 0 Å². The summed E-state index contributed by atoms with van der Waals surface area (Å²) in [6, 6.07) is 26.1. The van der Waals surface area contributed by atoms with Gasteiger partial charge >= 0.3 is 0 Å². The van der Waals surface area contributed by atoms with Gasteiger partial charge in [0.05, 0.1) is 16.1 Å². The second kappa shape index (κ2) is 8.78. The number of hydrogen-bond donors (Lipinski definition) is 2. The summed E-state index contributed by atoms with van der Waals surface area (Å²) in [4.78, 5) is 19.9. The molecule has 0 aliphatic carbocycles. The van der Waals surface area contributed by atoms with E-state index in [0.717, 1.165) is 47.1 Å². The molecule has 0 saturated carbocycles. The molecule has 1 aliphatic heterocycles. The summed E-state index contributed by atoms with van der Waals surface area (Å²) in [7, 11) is 0. The number of amides is 1. The van der Waals surface area contributed by atoms with Gasteiger partial charge in [-0.25, -0.2) is 4.98 Å². The molecule has 1 fully saturated rings. The number of aromatic nitrogens is 1. The molecule has 1 aliphatic rings. The van der Waals surface area contributed by atoms with Crippen molar-refractivity contribution in [2.45, 2.75) is 12.8 Å². The van der Waals surface area contributed by atoms with Gasteiger partial charge in [-0.15, -0.1) is 0 Å². The van der Waals surface area contributed by atoms with Gasteiger partial charge in [0.2, 0.25) is 5.91 Å². The number of hydrogen-bond acceptors (Lipinski definition) is 5. The van der Waals surface area contributed by atoms with Gasteiger partial charge in [0, 0.05) is 30.2 Å². The standard InChI is InChI=1S/C25H24N4OS/c30-24(27-21-14-12-20(13-15-21)26-19-8-2-1-3-9-19)18-7-6-16-29(17-18)25-28-22-10-4-5-11-23(22)31-25/h1-5,8-15,18,26H,6-7,16-17H2,(H,27,30). The molecule has 0 bridgehead atoms. The molecule has 5 nitrogen and oxygen atoms in total. The minimum atomic E-state index is -0.0390. The normalized spacial score (nSPS) is 16.3. The first-order valence-electron chi connectivity index (χ1n) is 10.6. The maximum Gasteiger partial charge on any atom is 0.229 e. The molecule has 0 radical (unpaired) electrons. The summed E-state index contributed by atoms with van der Waals surface area (Å²) in [5.41, 5.74) is 3.87. The lowest BCUT2D eigenvalue weighted by molar-refractivity contribution is -0.120. The zero-order valence-electron chi connectivity index (χ0n) is 17.1. The van der Waals surface area contributed by atoms with E-state index in [9.17, 15) is 4.79 Å². The molecule has 3 aromatic carbocycles. The smallest absolute Gasteiger partial charge is 0.229 e. The Balaban J connectivity index is 1.21. The fraction of sp³-hybridized carbons (Fsp3) is 0.200. The lowest BCUT2D eigenvalue weighted by atomic mass is 9.97. The highest BCUT2D eigenvalue weighted by Gasteiger charge is 2.27. The van der Waals surface area contributed by atoms with Crippen LogP contribution in [0.25, 0.3) is 10.2 Å². The Bertz CT molecular complexity index is 1140. The molecule has 1 unspecified atom stereocenters. The zero-order valence-corrected chi connectivity index (χ0v) is 17.9. The largest absolute Gasteiger partial charge is 0.356 e. The van der Waals surface area contributed by atoms with E-state index in [1.54, 1.807) is 11.3 Å². The predicted octanol–water partition coefficient (Wildman–Crippen LogP) is 5.90. The van der Waals surface area contributed by atoms with Crippen molar-refractivity contribution in [2.24, 2.45) is 5.92 Å². The van der Waals surface area contributed by atoms with Crippen LogP contribution in [-0.4, -0.2) is 24.0 Å². The number of carbonyl (C=O) groups is 1. The summed E-state index contributed by atoms with van der Waals surface area (Å²) in [6.07, 6.45) is 1.90. The summed E-state index contributed by atoms with van der Waals surface area (Å²) < 4.78 is 1.19. The second-order valence-corrected chi connectivity index (χ2v) is 8.82. The fourth-order valence-electron chi connectivity index (χ4n) is 3.93. The minimum absolute atomic E-state index is 0.0390. The van der Waals surface area contributed by atoms with E-state index < -0.39 is 0 Å². The van der Waals surface area contributed by atoms with Crippen molar-refractivity contribution in [3.63, 3.8) is 0 Å². The number of nitrogens with zero attached hydrogens (tertiary/aromatic N) is 2. The fourth-order valence-corrected chi connectivity index (χ4v) is 4.93. The Labute approximate surface area is 185 Å². The van der Waals surface area contributed by atoms with E-state index in [2.05, 4.69) is 21.6 Å². The van der Waals surface area contributed by atoms with Crippen LogP contribution in [0.15, 0.2) is 78.9 Å². The highest BCUT2D eigenvalue weighted by Crippen LogP contribution is 2.31. The van der Waals surface area contributed by atoms with Gasteiger partial charge in [-0.05, 0) is 61.4 Å². The van der Waals surface area contributed by atoms with Crippen LogP contribution in [0, 0.1) is 5.92 Å². The average Bonchev–Trinajstić information content (AvgIpc) is 3.26. The molecule has 5 rings (SSSR count). The first-order valence-corrected chi connectivity index (χ1v) is 11.4. The van der Waals surface area contributed by atoms with Crippen LogP contribution in [0.1, 0.15) is 12.8 Å². The summed E-state index contributed by atoms with van der Waals surface area (Å²) in [6.45, 7) is 1.66. The van der Waals surface area contributed by atoms with Crippen molar-refractivity contribution in [3.05, 3.63) is 78.9 Å². The first-order chi connectivity index (χ1) is 15.2. The van der Waals surface area contributed by atoms with Crippen LogP contribution < -0.4 is 15.5 Å². The average molecular weight is 429 g/mol. The highest BCUT2D eigenvalue weighted by molar-refractivity contribution is 7.22. The number of benzene rings is 3. The molecule has 1 aromatic heterocycles. The summed E-state index contributed by atoms with van der Waals surface area (Å²) in [5, 5.41) is 7.46. The maximum atomic E-state index is 12.9. The van der Waals surface area contributed by atoms with E-state index in [1.165, 1.54) is 4.70 Å². The molecule has 1 atom stereocenters. The van der Waals surface area contributed by atoms with Crippen molar-refractivity contribution in [1.29, 1.82) is 0 Å². The number of para-hydroxylation sites is 2. The van der Waals surface area contributed by atoms with Crippen molar-refractivity contribution in [1.82, 2.24) is 4.98 Å². The topological polar surface area (TPSA) is 57.3 Å². The van der Waals surface area contributed by atoms with Crippen LogP contribution in [-0.2, 0) is 4.79 Å². The van der Waals surface area contributed by atoms with E-state index in [4.69, 9.17) is 4.98 Å².